The number of benzene rings is 1. The lowest BCUT2D eigenvalue weighted by atomic mass is 10.1. The summed E-state index contributed by atoms with van der Waals surface area (Å²) in [6, 6.07) is 2.65. The number of primary amides is 3. The molecule has 0 unspecified atom stereocenters. The van der Waals surface area contributed by atoms with Crippen LogP contribution in [0.1, 0.15) is 10.4 Å². The third-order valence-electron chi connectivity index (χ3n) is 2.36. The van der Waals surface area contributed by atoms with Gasteiger partial charge in [-0.1, -0.05) is 11.6 Å². The number of nitrogens with two attached hydrogens (primary N) is 4. The molecular formula is C11H14ClN5O3. The Bertz CT molecular complexity index is 559. The van der Waals surface area contributed by atoms with Crippen molar-refractivity contribution in [1.82, 2.24) is 0 Å². The maximum Gasteiger partial charge on any atom is 0.250 e. The lowest BCUT2D eigenvalue weighted by Gasteiger charge is -2.25. The molecule has 108 valence electrons. The largest absolute Gasteiger partial charge is 0.399 e. The van der Waals surface area contributed by atoms with Gasteiger partial charge in [0, 0.05) is 5.69 Å². The lowest BCUT2D eigenvalue weighted by molar-refractivity contribution is -0.117. The molecule has 0 saturated carbocycles. The molecule has 0 fully saturated rings. The van der Waals surface area contributed by atoms with Crippen LogP contribution in [0, 0.1) is 0 Å². The normalized spacial score (nSPS) is 10.1. The van der Waals surface area contributed by atoms with Crippen LogP contribution in [0.4, 0.5) is 11.4 Å². The van der Waals surface area contributed by atoms with Crippen molar-refractivity contribution < 1.29 is 14.4 Å². The van der Waals surface area contributed by atoms with Gasteiger partial charge in [0.25, 0.3) is 5.91 Å². The average molecular weight is 300 g/mol. The van der Waals surface area contributed by atoms with E-state index in [9.17, 15) is 14.4 Å². The topological polar surface area (TPSA) is 159 Å². The predicted molar refractivity (Wildman–Crippen MR) is 75.0 cm³/mol. The molecule has 0 aliphatic heterocycles. The Morgan fingerprint density at radius 2 is 1.55 bits per heavy atom. The van der Waals surface area contributed by atoms with Crippen molar-refractivity contribution in [2.75, 3.05) is 23.7 Å². The first kappa shape index (κ1) is 15.6. The quantitative estimate of drug-likeness (QED) is 0.485. The highest BCUT2D eigenvalue weighted by atomic mass is 35.5. The minimum absolute atomic E-state index is 0.0301. The molecule has 8 N–H and O–H groups in total. The van der Waals surface area contributed by atoms with E-state index < -0.39 is 17.7 Å². The van der Waals surface area contributed by atoms with E-state index in [0.717, 1.165) is 0 Å². The molecule has 0 heterocycles. The van der Waals surface area contributed by atoms with Crippen molar-refractivity contribution in [2.45, 2.75) is 0 Å². The number of hydrogen-bond acceptors (Lipinski definition) is 5. The highest BCUT2D eigenvalue weighted by molar-refractivity contribution is 6.34. The van der Waals surface area contributed by atoms with Gasteiger partial charge in [0.15, 0.2) is 0 Å². The summed E-state index contributed by atoms with van der Waals surface area (Å²) < 4.78 is 0. The Morgan fingerprint density at radius 3 is 1.95 bits per heavy atom. The molecule has 0 atom stereocenters. The molecule has 9 heteroatoms. The van der Waals surface area contributed by atoms with Gasteiger partial charge in [-0.25, -0.2) is 0 Å². The minimum Gasteiger partial charge on any atom is -0.399 e. The summed E-state index contributed by atoms with van der Waals surface area (Å²) in [5.41, 5.74) is 21.3. The molecule has 0 aliphatic rings. The van der Waals surface area contributed by atoms with Crippen LogP contribution in [0.3, 0.4) is 0 Å². The van der Waals surface area contributed by atoms with Crippen LogP contribution in [0.25, 0.3) is 0 Å². The van der Waals surface area contributed by atoms with E-state index in [-0.39, 0.29) is 35.1 Å². The Hall–Kier alpha value is -2.48. The maximum absolute atomic E-state index is 11.5. The van der Waals surface area contributed by atoms with E-state index in [1.165, 1.54) is 17.0 Å². The molecule has 0 saturated heterocycles. The SMILES string of the molecule is NC(=O)CN(CC(N)=O)c1c(Cl)cc(N)cc1C(N)=O. The van der Waals surface area contributed by atoms with Gasteiger partial charge in [0.2, 0.25) is 11.8 Å². The Balaban J connectivity index is 3.40. The number of anilines is 2. The van der Waals surface area contributed by atoms with Gasteiger partial charge in [0.1, 0.15) is 0 Å². The summed E-state index contributed by atoms with van der Waals surface area (Å²) in [5.74, 6) is -2.27. The van der Waals surface area contributed by atoms with Crippen molar-refractivity contribution >= 4 is 40.7 Å². The summed E-state index contributed by atoms with van der Waals surface area (Å²) in [6.45, 7) is -0.709. The molecule has 1 aromatic rings. The van der Waals surface area contributed by atoms with Crippen LogP contribution in [-0.2, 0) is 9.59 Å². The molecule has 8 nitrogen and oxygen atoms in total. The number of hydrogen-bond donors (Lipinski definition) is 4. The van der Waals surface area contributed by atoms with E-state index in [2.05, 4.69) is 0 Å². The third-order valence-corrected chi connectivity index (χ3v) is 2.65. The van der Waals surface area contributed by atoms with Gasteiger partial charge in [-0.15, -0.1) is 0 Å². The minimum atomic E-state index is -0.812. The summed E-state index contributed by atoms with van der Waals surface area (Å²) in [6.07, 6.45) is 0. The van der Waals surface area contributed by atoms with Gasteiger partial charge in [0.05, 0.1) is 29.4 Å². The Morgan fingerprint density at radius 1 is 1.05 bits per heavy atom. The van der Waals surface area contributed by atoms with Crippen molar-refractivity contribution in [3.63, 3.8) is 0 Å². The molecule has 1 aromatic carbocycles. The molecule has 0 spiro atoms. The fraction of sp³-hybridized carbons (Fsp3) is 0.182. The molecule has 20 heavy (non-hydrogen) atoms. The smallest absolute Gasteiger partial charge is 0.250 e. The third kappa shape index (κ3) is 3.75. The standard InChI is InChI=1S/C11H14ClN5O3/c12-7-2-5(13)1-6(11(16)20)10(7)17(3-8(14)18)4-9(15)19/h1-2H,3-4,13H2,(H2,14,18)(H2,15,19)(H2,16,20). The highest BCUT2D eigenvalue weighted by Crippen LogP contribution is 2.32. The van der Waals surface area contributed by atoms with Crippen LogP contribution in [0.5, 0.6) is 0 Å². The van der Waals surface area contributed by atoms with E-state index in [1.54, 1.807) is 0 Å². The van der Waals surface area contributed by atoms with E-state index in [1.807, 2.05) is 0 Å². The first-order chi connectivity index (χ1) is 9.22. The van der Waals surface area contributed by atoms with E-state index >= 15 is 0 Å². The van der Waals surface area contributed by atoms with Crippen LogP contribution in [0.15, 0.2) is 12.1 Å². The Kier molecular flexibility index (Phi) is 4.76. The summed E-state index contributed by atoms with van der Waals surface area (Å²) in [7, 11) is 0. The molecule has 0 radical (unpaired) electrons. The monoisotopic (exact) mass is 299 g/mol. The number of nitrogen functional groups attached to an aromatic ring is 1. The number of amides is 3. The molecule has 0 bridgehead atoms. The lowest BCUT2D eigenvalue weighted by Crippen LogP contribution is -2.40. The number of rotatable bonds is 6. The van der Waals surface area contributed by atoms with E-state index in [4.69, 9.17) is 34.5 Å². The maximum atomic E-state index is 11.5. The van der Waals surface area contributed by atoms with Gasteiger partial charge >= 0.3 is 0 Å². The number of halogens is 1. The Labute approximate surface area is 119 Å². The molecule has 0 aromatic heterocycles. The number of nitrogens with zero attached hydrogens (tertiary/aromatic N) is 1. The van der Waals surface area contributed by atoms with Gasteiger partial charge < -0.3 is 27.8 Å². The first-order valence-electron chi connectivity index (χ1n) is 5.42. The molecular weight excluding hydrogens is 286 g/mol. The second kappa shape index (κ2) is 6.11. The molecule has 3 amide bonds. The van der Waals surface area contributed by atoms with E-state index in [0.29, 0.717) is 0 Å². The summed E-state index contributed by atoms with van der Waals surface area (Å²) in [4.78, 5) is 34.8. The van der Waals surface area contributed by atoms with Crippen LogP contribution >= 0.6 is 11.6 Å². The summed E-state index contributed by atoms with van der Waals surface area (Å²) in [5, 5.41) is 0.0568. The van der Waals surface area contributed by atoms with Crippen LogP contribution in [-0.4, -0.2) is 30.8 Å². The molecule has 1 rings (SSSR count). The zero-order valence-electron chi connectivity index (χ0n) is 10.4. The van der Waals surface area contributed by atoms with Crippen LogP contribution in [0.2, 0.25) is 5.02 Å². The number of carbonyl (C=O) groups excluding carboxylic acids is 3. The van der Waals surface area contributed by atoms with Crippen molar-refractivity contribution in [3.8, 4) is 0 Å². The first-order valence-corrected chi connectivity index (χ1v) is 5.80. The van der Waals surface area contributed by atoms with Crippen molar-refractivity contribution in [2.24, 2.45) is 17.2 Å². The van der Waals surface area contributed by atoms with Crippen molar-refractivity contribution in [3.05, 3.63) is 22.7 Å². The van der Waals surface area contributed by atoms with Gasteiger partial charge in [-0.2, -0.15) is 0 Å². The zero-order chi connectivity index (χ0) is 15.4. The highest BCUT2D eigenvalue weighted by Gasteiger charge is 2.22. The van der Waals surface area contributed by atoms with Crippen LogP contribution < -0.4 is 27.8 Å². The van der Waals surface area contributed by atoms with Gasteiger partial charge in [-0.05, 0) is 12.1 Å². The second-order valence-electron chi connectivity index (χ2n) is 4.05. The fourth-order valence-electron chi connectivity index (χ4n) is 1.72. The zero-order valence-corrected chi connectivity index (χ0v) is 11.2. The average Bonchev–Trinajstić information content (AvgIpc) is 2.25. The predicted octanol–water partition coefficient (Wildman–Crippen LogP) is -1.20. The molecule has 0 aliphatic carbocycles. The number of carbonyl (C=O) groups is 3. The summed E-state index contributed by atoms with van der Waals surface area (Å²) >= 11 is 6.01. The fourth-order valence-corrected chi connectivity index (χ4v) is 2.07. The second-order valence-corrected chi connectivity index (χ2v) is 4.46. The van der Waals surface area contributed by atoms with Gasteiger partial charge in [-0.3, -0.25) is 14.4 Å². The van der Waals surface area contributed by atoms with Crippen molar-refractivity contribution in [1.29, 1.82) is 0 Å².